The lowest BCUT2D eigenvalue weighted by molar-refractivity contribution is -0.384. The van der Waals surface area contributed by atoms with Crippen LogP contribution in [0.25, 0.3) is 11.3 Å². The predicted molar refractivity (Wildman–Crippen MR) is 110 cm³/mol. The van der Waals surface area contributed by atoms with Crippen LogP contribution >= 0.6 is 0 Å². The van der Waals surface area contributed by atoms with Crippen LogP contribution < -0.4 is 10.2 Å². The van der Waals surface area contributed by atoms with E-state index in [0.717, 1.165) is 12.0 Å². The minimum Gasteiger partial charge on any atom is -0.496 e. The molecule has 0 bridgehead atoms. The standard InChI is InChI=1S/C22H19N3O5/c1-29-21-11-15(25(27)28)7-9-17(21)20-10-8-16(30-20)13-23-24-22(26)19-12-18(19)14-5-3-2-4-6-14/h2-11,13,18-19H,12H2,1H3,(H,24,26)/b23-13-/t18-,19+/m1/s1. The Hall–Kier alpha value is -3.94. The maximum Gasteiger partial charge on any atom is 0.273 e. The summed E-state index contributed by atoms with van der Waals surface area (Å²) in [5.41, 5.74) is 4.23. The number of non-ortho nitro benzene ring substituents is 1. The van der Waals surface area contributed by atoms with Crippen LogP contribution in [-0.4, -0.2) is 24.2 Å². The van der Waals surface area contributed by atoms with E-state index in [-0.39, 0.29) is 23.4 Å². The van der Waals surface area contributed by atoms with Crippen LogP contribution in [0.5, 0.6) is 5.75 Å². The summed E-state index contributed by atoms with van der Waals surface area (Å²) < 4.78 is 10.9. The van der Waals surface area contributed by atoms with Crippen molar-refractivity contribution in [3.05, 3.63) is 82.1 Å². The van der Waals surface area contributed by atoms with E-state index in [1.165, 1.54) is 25.5 Å². The fraction of sp³-hybridized carbons (Fsp3) is 0.182. The number of nitro groups is 1. The van der Waals surface area contributed by atoms with Gasteiger partial charge in [0.15, 0.2) is 0 Å². The van der Waals surface area contributed by atoms with Crippen molar-refractivity contribution < 1.29 is 18.9 Å². The molecule has 1 aliphatic carbocycles. The SMILES string of the molecule is COc1cc([N+](=O)[O-])ccc1-c1ccc(/C=N\NC(=O)[C@H]2C[C@@H]2c2ccccc2)o1. The van der Waals surface area contributed by atoms with Gasteiger partial charge in [-0.1, -0.05) is 30.3 Å². The highest BCUT2D eigenvalue weighted by Crippen LogP contribution is 2.47. The van der Waals surface area contributed by atoms with Gasteiger partial charge in [-0.25, -0.2) is 5.43 Å². The lowest BCUT2D eigenvalue weighted by Gasteiger charge is -2.05. The van der Waals surface area contributed by atoms with E-state index >= 15 is 0 Å². The average Bonchev–Trinajstić information content (AvgIpc) is 3.45. The first-order valence-electron chi connectivity index (χ1n) is 9.37. The molecule has 1 amide bonds. The maximum absolute atomic E-state index is 12.2. The minimum atomic E-state index is -0.489. The molecule has 0 saturated heterocycles. The normalized spacial score (nSPS) is 17.6. The van der Waals surface area contributed by atoms with Gasteiger partial charge in [0.2, 0.25) is 5.91 Å². The summed E-state index contributed by atoms with van der Waals surface area (Å²) in [6, 6.07) is 17.6. The number of amides is 1. The molecule has 1 aromatic heterocycles. The second-order valence-electron chi connectivity index (χ2n) is 6.94. The van der Waals surface area contributed by atoms with Gasteiger partial charge in [-0.15, -0.1) is 0 Å². The lowest BCUT2D eigenvalue weighted by Crippen LogP contribution is -2.20. The first kappa shape index (κ1) is 19.4. The zero-order chi connectivity index (χ0) is 21.1. The zero-order valence-corrected chi connectivity index (χ0v) is 16.1. The number of nitro benzene ring substituents is 1. The Kier molecular flexibility index (Phi) is 5.30. The smallest absolute Gasteiger partial charge is 0.273 e. The van der Waals surface area contributed by atoms with Crippen LogP contribution in [0.15, 0.2) is 70.2 Å². The molecule has 8 heteroatoms. The number of hydrogen-bond donors (Lipinski definition) is 1. The Morgan fingerprint density at radius 3 is 2.77 bits per heavy atom. The maximum atomic E-state index is 12.2. The number of hydrogen-bond acceptors (Lipinski definition) is 6. The third kappa shape index (κ3) is 4.07. The van der Waals surface area contributed by atoms with Crippen LogP contribution in [0.4, 0.5) is 5.69 Å². The molecule has 0 spiro atoms. The molecule has 8 nitrogen and oxygen atoms in total. The Morgan fingerprint density at radius 2 is 2.03 bits per heavy atom. The lowest BCUT2D eigenvalue weighted by atomic mass is 10.1. The molecule has 152 valence electrons. The number of furan rings is 1. The summed E-state index contributed by atoms with van der Waals surface area (Å²) in [4.78, 5) is 22.7. The fourth-order valence-electron chi connectivity index (χ4n) is 3.36. The molecule has 0 aliphatic heterocycles. The number of methoxy groups -OCH3 is 1. The predicted octanol–water partition coefficient (Wildman–Crippen LogP) is 4.12. The zero-order valence-electron chi connectivity index (χ0n) is 16.1. The van der Waals surface area contributed by atoms with Crippen molar-refractivity contribution in [2.75, 3.05) is 7.11 Å². The topological polar surface area (TPSA) is 107 Å². The molecule has 4 rings (SSSR count). The van der Waals surface area contributed by atoms with E-state index in [1.807, 2.05) is 30.3 Å². The number of carbonyl (C=O) groups is 1. The number of rotatable bonds is 7. The van der Waals surface area contributed by atoms with Crippen molar-refractivity contribution >= 4 is 17.8 Å². The van der Waals surface area contributed by atoms with E-state index in [4.69, 9.17) is 9.15 Å². The van der Waals surface area contributed by atoms with Crippen LogP contribution in [0.1, 0.15) is 23.7 Å². The first-order valence-corrected chi connectivity index (χ1v) is 9.37. The molecule has 1 N–H and O–H groups in total. The van der Waals surface area contributed by atoms with Crippen LogP contribution in [0.2, 0.25) is 0 Å². The number of nitrogens with zero attached hydrogens (tertiary/aromatic N) is 2. The fourth-order valence-corrected chi connectivity index (χ4v) is 3.36. The summed E-state index contributed by atoms with van der Waals surface area (Å²) in [5, 5.41) is 14.9. The van der Waals surface area contributed by atoms with Gasteiger partial charge in [-0.2, -0.15) is 5.10 Å². The molecule has 0 radical (unpaired) electrons. The van der Waals surface area contributed by atoms with Gasteiger partial charge in [-0.05, 0) is 36.1 Å². The van der Waals surface area contributed by atoms with Gasteiger partial charge in [0.05, 0.1) is 29.9 Å². The molecule has 2 aromatic carbocycles. The minimum absolute atomic E-state index is 0.0684. The summed E-state index contributed by atoms with van der Waals surface area (Å²) in [5.74, 6) is 1.29. The highest BCUT2D eigenvalue weighted by Gasteiger charge is 2.43. The van der Waals surface area contributed by atoms with Gasteiger partial charge in [0, 0.05) is 12.0 Å². The monoisotopic (exact) mass is 405 g/mol. The summed E-state index contributed by atoms with van der Waals surface area (Å²) in [7, 11) is 1.43. The molecular weight excluding hydrogens is 386 g/mol. The van der Waals surface area contributed by atoms with Gasteiger partial charge in [-0.3, -0.25) is 14.9 Å². The number of ether oxygens (including phenoxy) is 1. The van der Waals surface area contributed by atoms with Gasteiger partial charge >= 0.3 is 0 Å². The number of benzene rings is 2. The number of carbonyl (C=O) groups excluding carboxylic acids is 1. The van der Waals surface area contributed by atoms with Crippen LogP contribution in [0, 0.1) is 16.0 Å². The second kappa shape index (κ2) is 8.20. The van der Waals surface area contributed by atoms with Crippen molar-refractivity contribution in [1.82, 2.24) is 5.43 Å². The van der Waals surface area contributed by atoms with Crippen molar-refractivity contribution in [1.29, 1.82) is 0 Å². The van der Waals surface area contributed by atoms with E-state index < -0.39 is 4.92 Å². The van der Waals surface area contributed by atoms with Gasteiger partial charge in [0.25, 0.3) is 5.69 Å². The van der Waals surface area contributed by atoms with Crippen molar-refractivity contribution in [2.45, 2.75) is 12.3 Å². The highest BCUT2D eigenvalue weighted by atomic mass is 16.6. The van der Waals surface area contributed by atoms with Gasteiger partial charge < -0.3 is 9.15 Å². The molecule has 1 aliphatic rings. The number of nitrogens with one attached hydrogen (secondary N) is 1. The molecular formula is C22H19N3O5. The van der Waals surface area contributed by atoms with E-state index in [2.05, 4.69) is 10.5 Å². The molecule has 3 aromatic rings. The van der Waals surface area contributed by atoms with Crippen molar-refractivity contribution in [3.63, 3.8) is 0 Å². The molecule has 1 heterocycles. The average molecular weight is 405 g/mol. The van der Waals surface area contributed by atoms with Crippen molar-refractivity contribution in [3.8, 4) is 17.1 Å². The molecule has 1 saturated carbocycles. The largest absolute Gasteiger partial charge is 0.496 e. The Balaban J connectivity index is 1.39. The molecule has 30 heavy (non-hydrogen) atoms. The van der Waals surface area contributed by atoms with Crippen LogP contribution in [-0.2, 0) is 4.79 Å². The van der Waals surface area contributed by atoms with E-state index in [9.17, 15) is 14.9 Å². The summed E-state index contributed by atoms with van der Waals surface area (Å²) >= 11 is 0. The Morgan fingerprint density at radius 1 is 1.23 bits per heavy atom. The van der Waals surface area contributed by atoms with E-state index in [0.29, 0.717) is 22.8 Å². The molecule has 0 unspecified atom stereocenters. The summed E-state index contributed by atoms with van der Waals surface area (Å²) in [6.07, 6.45) is 2.23. The summed E-state index contributed by atoms with van der Waals surface area (Å²) in [6.45, 7) is 0. The van der Waals surface area contributed by atoms with Gasteiger partial charge in [0.1, 0.15) is 17.3 Å². The van der Waals surface area contributed by atoms with E-state index in [1.54, 1.807) is 18.2 Å². The Bertz CT molecular complexity index is 1110. The Labute approximate surface area is 172 Å². The van der Waals surface area contributed by atoms with Crippen LogP contribution in [0.3, 0.4) is 0 Å². The van der Waals surface area contributed by atoms with Crippen molar-refractivity contribution in [2.24, 2.45) is 11.0 Å². The third-order valence-corrected chi connectivity index (χ3v) is 5.01. The second-order valence-corrected chi connectivity index (χ2v) is 6.94. The quantitative estimate of drug-likeness (QED) is 0.361. The third-order valence-electron chi connectivity index (χ3n) is 5.01. The number of hydrazone groups is 1. The molecule has 1 fully saturated rings. The molecule has 2 atom stereocenters. The highest BCUT2D eigenvalue weighted by molar-refractivity contribution is 5.85. The first-order chi connectivity index (χ1) is 14.6.